The number of hydrogen-bond donors (Lipinski definition) is 4. The second-order valence-electron chi connectivity index (χ2n) is 17.6. The summed E-state index contributed by atoms with van der Waals surface area (Å²) in [7, 11) is 0. The number of aromatic nitrogens is 4. The van der Waals surface area contributed by atoms with Crippen molar-refractivity contribution < 1.29 is 29.1 Å². The Morgan fingerprint density at radius 3 is 2.62 bits per heavy atom. The number of fused-ring (bicyclic) bond motifs is 3. The number of likely N-dealkylation sites (tertiary alicyclic amines) is 2. The summed E-state index contributed by atoms with van der Waals surface area (Å²) in [5, 5.41) is 40.7. The van der Waals surface area contributed by atoms with Gasteiger partial charge in [-0.05, 0) is 67.2 Å². The summed E-state index contributed by atoms with van der Waals surface area (Å²) in [5.74, 6) is 0.181. The number of thiazole rings is 1. The van der Waals surface area contributed by atoms with Crippen molar-refractivity contribution in [2.45, 2.75) is 76.7 Å². The van der Waals surface area contributed by atoms with Crippen LogP contribution in [0.3, 0.4) is 0 Å². The molecule has 16 nitrogen and oxygen atoms in total. The molecular formula is C46H56N10O6S. The fourth-order valence-electron chi connectivity index (χ4n) is 9.66. The molecule has 7 heterocycles. The summed E-state index contributed by atoms with van der Waals surface area (Å²) in [5.41, 5.74) is 7.18. The molecule has 2 amide bonds. The maximum absolute atomic E-state index is 14.2. The first kappa shape index (κ1) is 42.7. The molecule has 4 aliphatic rings. The van der Waals surface area contributed by atoms with E-state index in [1.807, 2.05) is 75.7 Å². The predicted molar refractivity (Wildman–Crippen MR) is 240 cm³/mol. The Morgan fingerprint density at radius 2 is 1.84 bits per heavy atom. The Kier molecular flexibility index (Phi) is 12.4. The minimum atomic E-state index is -0.822. The summed E-state index contributed by atoms with van der Waals surface area (Å²) in [6, 6.07) is 18.6. The number of aliphatic hydroxyl groups excluding tert-OH is 1. The van der Waals surface area contributed by atoms with Crippen LogP contribution in [0.25, 0.3) is 21.7 Å². The van der Waals surface area contributed by atoms with E-state index in [9.17, 15) is 19.8 Å². The standard InChI is InChI=1S/C46H56N10O6S/c1-27(2)42(46(60)56-25-34(57)19-38(56)45(59)49-28(3)30-9-11-31(12-10-30)43-29(4)48-26-63-43)40-21-41(52-62-40)61-18-17-53-14-13-32(23-53)54-15-16-55-33(24-54)22-47-44-37(55)20-36(50-51-44)35-7-5-6-8-39(35)58/h5-12,20-21,26-28,32-34,38,42,57-58H,13-19,22-25H2,1-4H3,(H,47,51)(H,49,59)/t28-,32?,33-,34+,38-,42+/m0/s1. The Bertz CT molecular complexity index is 2410. The van der Waals surface area contributed by atoms with Gasteiger partial charge in [0.05, 0.1) is 45.7 Å². The molecule has 0 radical (unpaired) electrons. The molecule has 5 aromatic rings. The zero-order valence-corrected chi connectivity index (χ0v) is 37.0. The predicted octanol–water partition coefficient (Wildman–Crippen LogP) is 4.92. The highest BCUT2D eigenvalue weighted by Gasteiger charge is 2.44. The Labute approximate surface area is 371 Å². The van der Waals surface area contributed by atoms with Crippen LogP contribution in [0.5, 0.6) is 11.6 Å². The lowest BCUT2D eigenvalue weighted by Gasteiger charge is -2.47. The molecule has 3 aromatic heterocycles. The average Bonchev–Trinajstić information content (AvgIpc) is 4.12. The number of aryl methyl sites for hydroxylation is 1. The van der Waals surface area contributed by atoms with Crippen LogP contribution >= 0.6 is 11.3 Å². The highest BCUT2D eigenvalue weighted by molar-refractivity contribution is 7.13. The third kappa shape index (κ3) is 8.96. The molecule has 6 atom stereocenters. The Balaban J connectivity index is 0.758. The first-order valence-corrected chi connectivity index (χ1v) is 22.9. The third-order valence-corrected chi connectivity index (χ3v) is 14.1. The van der Waals surface area contributed by atoms with Crippen molar-refractivity contribution in [1.29, 1.82) is 0 Å². The SMILES string of the molecule is Cc1ncsc1-c1ccc([C@H](C)NC(=O)[C@@H]2C[C@@H](O)CN2C(=O)[C@@H](c2cc(OCCN3CCC(N4CCN5c6cc(-c7ccccc7O)nnc6NC[C@H]5C4)C3)no2)C(C)C)cc1. The molecule has 3 saturated heterocycles. The number of carbonyl (C=O) groups is 2. The molecule has 0 spiro atoms. The van der Waals surface area contributed by atoms with Gasteiger partial charge in [0.25, 0.3) is 5.88 Å². The highest BCUT2D eigenvalue weighted by atomic mass is 32.1. The summed E-state index contributed by atoms with van der Waals surface area (Å²) >= 11 is 1.59. The molecular weight excluding hydrogens is 821 g/mol. The van der Waals surface area contributed by atoms with Crippen LogP contribution in [-0.4, -0.2) is 140 Å². The lowest BCUT2D eigenvalue weighted by atomic mass is 9.91. The van der Waals surface area contributed by atoms with Gasteiger partial charge < -0.3 is 39.9 Å². The quantitative estimate of drug-likeness (QED) is 0.125. The number of amides is 2. The van der Waals surface area contributed by atoms with Crippen LogP contribution < -0.4 is 20.3 Å². The van der Waals surface area contributed by atoms with Crippen molar-refractivity contribution in [3.8, 4) is 33.3 Å². The van der Waals surface area contributed by atoms with E-state index in [2.05, 4.69) is 45.7 Å². The van der Waals surface area contributed by atoms with Crippen LogP contribution in [-0.2, 0) is 9.59 Å². The number of aliphatic hydroxyl groups is 1. The second kappa shape index (κ2) is 18.2. The van der Waals surface area contributed by atoms with E-state index in [1.165, 1.54) is 4.90 Å². The summed E-state index contributed by atoms with van der Waals surface area (Å²) in [6.45, 7) is 14.5. The maximum atomic E-state index is 14.2. The molecule has 4 aliphatic heterocycles. The molecule has 17 heteroatoms. The van der Waals surface area contributed by atoms with Crippen molar-refractivity contribution in [3.63, 3.8) is 0 Å². The van der Waals surface area contributed by atoms with Crippen LogP contribution in [0, 0.1) is 12.8 Å². The molecule has 1 unspecified atom stereocenters. The Hall–Kier alpha value is -5.62. The monoisotopic (exact) mass is 876 g/mol. The molecule has 9 rings (SSSR count). The van der Waals surface area contributed by atoms with E-state index in [0.29, 0.717) is 41.6 Å². The molecule has 332 valence electrons. The number of nitrogens with one attached hydrogen (secondary N) is 2. The van der Waals surface area contributed by atoms with E-state index in [0.717, 1.165) is 85.4 Å². The maximum Gasteiger partial charge on any atom is 0.254 e. The van der Waals surface area contributed by atoms with Gasteiger partial charge in [-0.1, -0.05) is 50.2 Å². The summed E-state index contributed by atoms with van der Waals surface area (Å²) in [4.78, 5) is 42.4. The lowest BCUT2D eigenvalue weighted by Crippen LogP contribution is -2.60. The molecule has 0 aliphatic carbocycles. The average molecular weight is 877 g/mol. The number of piperazine rings is 1. The molecule has 0 bridgehead atoms. The lowest BCUT2D eigenvalue weighted by molar-refractivity contribution is -0.141. The van der Waals surface area contributed by atoms with E-state index in [-0.39, 0.29) is 42.5 Å². The number of β-amino-alcohol motifs (C(OH)–C–C–N with tert-alkyl or cyclic N) is 1. The number of hydrogen-bond acceptors (Lipinski definition) is 15. The van der Waals surface area contributed by atoms with Gasteiger partial charge in [-0.2, -0.15) is 0 Å². The molecule has 63 heavy (non-hydrogen) atoms. The van der Waals surface area contributed by atoms with E-state index in [1.54, 1.807) is 29.5 Å². The zero-order chi connectivity index (χ0) is 43.8. The van der Waals surface area contributed by atoms with Gasteiger partial charge in [0.15, 0.2) is 11.6 Å². The van der Waals surface area contributed by atoms with Crippen LogP contribution in [0.4, 0.5) is 11.5 Å². The highest BCUT2D eigenvalue weighted by Crippen LogP contribution is 2.37. The van der Waals surface area contributed by atoms with E-state index >= 15 is 0 Å². The number of nitrogens with zero attached hydrogens (tertiary/aromatic N) is 8. The zero-order valence-electron chi connectivity index (χ0n) is 36.2. The van der Waals surface area contributed by atoms with Gasteiger partial charge in [-0.25, -0.2) is 4.98 Å². The van der Waals surface area contributed by atoms with Gasteiger partial charge in [-0.3, -0.25) is 19.4 Å². The number of benzene rings is 2. The number of carbonyl (C=O) groups excluding carboxylic acids is 2. The Morgan fingerprint density at radius 1 is 1.02 bits per heavy atom. The van der Waals surface area contributed by atoms with E-state index < -0.39 is 18.1 Å². The van der Waals surface area contributed by atoms with Gasteiger partial charge >= 0.3 is 0 Å². The van der Waals surface area contributed by atoms with Crippen LogP contribution in [0.2, 0.25) is 0 Å². The first-order valence-electron chi connectivity index (χ1n) is 22.0. The number of rotatable bonds is 13. The molecule has 2 aromatic carbocycles. The van der Waals surface area contributed by atoms with Crippen LogP contribution in [0.1, 0.15) is 62.6 Å². The summed E-state index contributed by atoms with van der Waals surface area (Å²) in [6.07, 6.45) is 0.415. The smallest absolute Gasteiger partial charge is 0.254 e. The molecule has 0 saturated carbocycles. The minimum Gasteiger partial charge on any atom is -0.507 e. The topological polar surface area (TPSA) is 186 Å². The third-order valence-electron chi connectivity index (χ3n) is 13.1. The number of phenolic OH excluding ortho intramolecular Hbond substituents is 1. The number of phenols is 1. The van der Waals surface area contributed by atoms with Gasteiger partial charge in [0, 0.05) is 69.9 Å². The van der Waals surface area contributed by atoms with Gasteiger partial charge in [0.2, 0.25) is 11.8 Å². The number of aromatic hydroxyl groups is 1. The number of anilines is 2. The van der Waals surface area contributed by atoms with E-state index in [4.69, 9.17) is 9.26 Å². The minimum absolute atomic E-state index is 0.0594. The van der Waals surface area contributed by atoms with Crippen LogP contribution in [0.15, 0.2) is 70.7 Å². The number of ether oxygens (including phenoxy) is 1. The number of para-hydroxylation sites is 1. The van der Waals surface area contributed by atoms with Gasteiger partial charge in [-0.15, -0.1) is 21.5 Å². The first-order chi connectivity index (χ1) is 30.5. The normalized spacial score (nSPS) is 22.4. The molecule has 3 fully saturated rings. The fourth-order valence-corrected chi connectivity index (χ4v) is 10.5. The second-order valence-corrected chi connectivity index (χ2v) is 18.5. The molecule has 4 N–H and O–H groups in total. The van der Waals surface area contributed by atoms with Crippen molar-refractivity contribution in [1.82, 2.24) is 40.4 Å². The van der Waals surface area contributed by atoms with Crippen molar-refractivity contribution in [2.24, 2.45) is 5.92 Å². The fraction of sp³-hybridized carbons (Fsp3) is 0.478. The van der Waals surface area contributed by atoms with Gasteiger partial charge in [0.1, 0.15) is 24.3 Å². The largest absolute Gasteiger partial charge is 0.507 e. The van der Waals surface area contributed by atoms with Crippen molar-refractivity contribution in [3.05, 3.63) is 83.2 Å². The summed E-state index contributed by atoms with van der Waals surface area (Å²) < 4.78 is 11.8. The van der Waals surface area contributed by atoms with Crippen molar-refractivity contribution in [2.75, 3.05) is 69.2 Å². The van der Waals surface area contributed by atoms with Crippen molar-refractivity contribution >= 4 is 34.7 Å².